The van der Waals surface area contributed by atoms with Gasteiger partial charge in [-0.1, -0.05) is 0 Å². The summed E-state index contributed by atoms with van der Waals surface area (Å²) >= 11 is 0. The van der Waals surface area contributed by atoms with Gasteiger partial charge < -0.3 is 19.1 Å². The van der Waals surface area contributed by atoms with Gasteiger partial charge in [-0.15, -0.1) is 0 Å². The first-order chi connectivity index (χ1) is 13.8. The molecule has 2 atom stereocenters. The highest BCUT2D eigenvalue weighted by Gasteiger charge is 2.31. The number of nitrogens with zero attached hydrogens (tertiary/aromatic N) is 3. The van der Waals surface area contributed by atoms with Gasteiger partial charge in [0.05, 0.1) is 18.3 Å². The van der Waals surface area contributed by atoms with Crippen molar-refractivity contribution in [2.45, 2.75) is 71.3 Å². The number of likely N-dealkylation sites (tertiary alicyclic amines) is 1. The first kappa shape index (κ1) is 20.0. The van der Waals surface area contributed by atoms with Gasteiger partial charge in [-0.05, 0) is 58.6 Å². The van der Waals surface area contributed by atoms with Crippen LogP contribution in [0, 0.1) is 6.92 Å². The molecular formula is C22H31N3O4. The molecule has 0 aliphatic carbocycles. The molecule has 0 radical (unpaired) electrons. The molecule has 2 aliphatic rings. The molecule has 0 saturated carbocycles. The molecular weight excluding hydrogens is 370 g/mol. The Morgan fingerprint density at radius 3 is 2.79 bits per heavy atom. The zero-order chi connectivity index (χ0) is 20.6. The van der Waals surface area contributed by atoms with Crippen molar-refractivity contribution >= 4 is 17.0 Å². The van der Waals surface area contributed by atoms with Gasteiger partial charge in [0.2, 0.25) is 0 Å². The first-order valence-electron chi connectivity index (χ1n) is 10.5. The van der Waals surface area contributed by atoms with Crippen LogP contribution < -0.4 is 4.74 Å². The van der Waals surface area contributed by atoms with Gasteiger partial charge in [-0.3, -0.25) is 0 Å². The van der Waals surface area contributed by atoms with E-state index in [0.29, 0.717) is 13.1 Å². The maximum absolute atomic E-state index is 12.3. The van der Waals surface area contributed by atoms with Crippen molar-refractivity contribution in [3.63, 3.8) is 0 Å². The van der Waals surface area contributed by atoms with E-state index in [9.17, 15) is 4.79 Å². The summed E-state index contributed by atoms with van der Waals surface area (Å²) in [6, 6.07) is 4.17. The summed E-state index contributed by atoms with van der Waals surface area (Å²) < 4.78 is 19.7. The summed E-state index contributed by atoms with van der Waals surface area (Å²) in [4.78, 5) is 14.0. The first-order valence-corrected chi connectivity index (χ1v) is 10.5. The summed E-state index contributed by atoms with van der Waals surface area (Å²) in [5.41, 5.74) is 1.61. The predicted octanol–water partition coefficient (Wildman–Crippen LogP) is 4.43. The number of benzene rings is 1. The third-order valence-corrected chi connectivity index (χ3v) is 5.41. The minimum absolute atomic E-state index is 0.00838. The van der Waals surface area contributed by atoms with Crippen LogP contribution in [0.3, 0.4) is 0 Å². The zero-order valence-corrected chi connectivity index (χ0v) is 17.8. The summed E-state index contributed by atoms with van der Waals surface area (Å²) in [6.07, 6.45) is 5.61. The number of amides is 1. The Morgan fingerprint density at radius 2 is 2.07 bits per heavy atom. The summed E-state index contributed by atoms with van der Waals surface area (Å²) in [7, 11) is 0. The van der Waals surface area contributed by atoms with Crippen molar-refractivity contribution in [2.75, 3.05) is 19.7 Å². The molecule has 29 heavy (non-hydrogen) atoms. The Balaban J connectivity index is 1.48. The Hall–Kier alpha value is -2.28. The van der Waals surface area contributed by atoms with Crippen molar-refractivity contribution < 1.29 is 19.0 Å². The molecule has 1 amide bonds. The van der Waals surface area contributed by atoms with Crippen LogP contribution in [0.2, 0.25) is 0 Å². The molecule has 4 rings (SSSR count). The number of ether oxygens (including phenoxy) is 3. The molecule has 1 aromatic carbocycles. The number of fused-ring (bicyclic) bond motifs is 1. The van der Waals surface area contributed by atoms with Gasteiger partial charge >= 0.3 is 6.09 Å². The topological polar surface area (TPSA) is 65.8 Å². The number of carbonyl (C=O) groups excluding carboxylic acids is 1. The Bertz CT molecular complexity index is 880. The largest absolute Gasteiger partial charge is 0.488 e. The molecule has 2 saturated heterocycles. The third-order valence-electron chi connectivity index (χ3n) is 5.41. The Morgan fingerprint density at radius 1 is 1.24 bits per heavy atom. The lowest BCUT2D eigenvalue weighted by molar-refractivity contribution is -0.0366. The van der Waals surface area contributed by atoms with Crippen molar-refractivity contribution in [1.29, 1.82) is 0 Å². The van der Waals surface area contributed by atoms with Crippen LogP contribution in [0.4, 0.5) is 4.79 Å². The van der Waals surface area contributed by atoms with E-state index in [1.807, 2.05) is 38.6 Å². The Kier molecular flexibility index (Phi) is 5.42. The molecule has 0 bridgehead atoms. The smallest absolute Gasteiger partial charge is 0.410 e. The highest BCUT2D eigenvalue weighted by atomic mass is 16.6. The van der Waals surface area contributed by atoms with E-state index in [1.165, 1.54) is 0 Å². The normalized spacial score (nSPS) is 22.8. The van der Waals surface area contributed by atoms with E-state index >= 15 is 0 Å². The fourth-order valence-electron chi connectivity index (χ4n) is 3.96. The molecule has 7 nitrogen and oxygen atoms in total. The van der Waals surface area contributed by atoms with Crippen LogP contribution in [0.5, 0.6) is 5.75 Å². The average molecular weight is 402 g/mol. The average Bonchev–Trinajstić information content (AvgIpc) is 3.28. The van der Waals surface area contributed by atoms with E-state index in [4.69, 9.17) is 14.2 Å². The van der Waals surface area contributed by atoms with Gasteiger partial charge in [0, 0.05) is 31.0 Å². The second kappa shape index (κ2) is 7.86. The van der Waals surface area contributed by atoms with Crippen LogP contribution in [0.15, 0.2) is 18.3 Å². The van der Waals surface area contributed by atoms with Crippen LogP contribution in [0.25, 0.3) is 10.9 Å². The zero-order valence-electron chi connectivity index (χ0n) is 17.8. The van der Waals surface area contributed by atoms with E-state index in [1.54, 1.807) is 4.90 Å². The third kappa shape index (κ3) is 4.50. The maximum atomic E-state index is 12.3. The van der Waals surface area contributed by atoms with Crippen molar-refractivity contribution in [3.05, 3.63) is 23.9 Å². The van der Waals surface area contributed by atoms with Crippen molar-refractivity contribution in [1.82, 2.24) is 14.7 Å². The molecule has 0 spiro atoms. The van der Waals surface area contributed by atoms with Crippen LogP contribution in [-0.4, -0.2) is 52.2 Å². The van der Waals surface area contributed by atoms with Gasteiger partial charge in [0.25, 0.3) is 0 Å². The minimum atomic E-state index is -0.489. The summed E-state index contributed by atoms with van der Waals surface area (Å²) in [5.74, 6) is 0.839. The molecule has 2 aliphatic heterocycles. The van der Waals surface area contributed by atoms with Crippen molar-refractivity contribution in [3.8, 4) is 5.75 Å². The quantitative estimate of drug-likeness (QED) is 0.761. The lowest BCUT2D eigenvalue weighted by Gasteiger charge is -2.24. The monoisotopic (exact) mass is 401 g/mol. The predicted molar refractivity (Wildman–Crippen MR) is 110 cm³/mol. The minimum Gasteiger partial charge on any atom is -0.488 e. The Labute approximate surface area is 171 Å². The van der Waals surface area contributed by atoms with E-state index in [2.05, 4.69) is 17.2 Å². The fraction of sp³-hybridized carbons (Fsp3) is 0.636. The number of aryl methyl sites for hydroxylation is 1. The molecule has 158 valence electrons. The van der Waals surface area contributed by atoms with Crippen LogP contribution in [-0.2, 0) is 9.47 Å². The molecule has 1 aromatic heterocycles. The lowest BCUT2D eigenvalue weighted by atomic mass is 10.1. The number of hydrogen-bond acceptors (Lipinski definition) is 5. The van der Waals surface area contributed by atoms with Gasteiger partial charge in [0.15, 0.2) is 6.23 Å². The molecule has 2 unspecified atom stereocenters. The number of aromatic nitrogens is 2. The van der Waals surface area contributed by atoms with E-state index < -0.39 is 5.60 Å². The summed E-state index contributed by atoms with van der Waals surface area (Å²) in [6.45, 7) is 9.66. The fourth-order valence-corrected chi connectivity index (χ4v) is 3.96. The molecule has 2 aromatic rings. The summed E-state index contributed by atoms with van der Waals surface area (Å²) in [5, 5.41) is 5.66. The lowest BCUT2D eigenvalue weighted by Crippen LogP contribution is -2.36. The van der Waals surface area contributed by atoms with Crippen LogP contribution >= 0.6 is 0 Å². The van der Waals surface area contributed by atoms with Gasteiger partial charge in [-0.2, -0.15) is 5.10 Å². The SMILES string of the molecule is Cc1cc2cnn(C3CCCCO3)c2cc1OC1CCN(C(=O)OC(C)(C)C)C1. The highest BCUT2D eigenvalue weighted by Crippen LogP contribution is 2.31. The standard InChI is InChI=1S/C22H31N3O4/c1-15-11-16-13-23-25(20-7-5-6-10-27-20)18(16)12-19(15)28-17-8-9-24(14-17)21(26)29-22(2,3)4/h11-13,17,20H,5-10,14H2,1-4H3. The van der Waals surface area contributed by atoms with Crippen LogP contribution in [0.1, 0.15) is 58.2 Å². The second-order valence-electron chi connectivity index (χ2n) is 9.04. The maximum Gasteiger partial charge on any atom is 0.410 e. The molecule has 2 fully saturated rings. The number of hydrogen-bond donors (Lipinski definition) is 0. The van der Waals surface area contributed by atoms with E-state index in [-0.39, 0.29) is 18.4 Å². The molecule has 3 heterocycles. The number of rotatable bonds is 3. The van der Waals surface area contributed by atoms with Gasteiger partial charge in [-0.25, -0.2) is 9.48 Å². The van der Waals surface area contributed by atoms with E-state index in [0.717, 1.165) is 54.5 Å². The van der Waals surface area contributed by atoms with Crippen molar-refractivity contribution in [2.24, 2.45) is 0 Å². The van der Waals surface area contributed by atoms with Gasteiger partial charge in [0.1, 0.15) is 17.5 Å². The highest BCUT2D eigenvalue weighted by molar-refractivity contribution is 5.81. The number of carbonyl (C=O) groups is 1. The molecule has 7 heteroatoms. The second-order valence-corrected chi connectivity index (χ2v) is 9.04. The molecule has 0 N–H and O–H groups in total.